The van der Waals surface area contributed by atoms with Crippen molar-refractivity contribution >= 4 is 17.8 Å². The van der Waals surface area contributed by atoms with Gasteiger partial charge in [-0.3, -0.25) is 0 Å². The third kappa shape index (κ3) is 25.2. The molecule has 0 aliphatic carbocycles. The summed E-state index contributed by atoms with van der Waals surface area (Å²) in [6.07, 6.45) is 3.40. The smallest absolute Gasteiger partial charge is 0.222 e. The number of rotatable bonds is 4. The third-order valence-electron chi connectivity index (χ3n) is 0.697. The van der Waals surface area contributed by atoms with Gasteiger partial charge in [0.15, 0.2) is 0 Å². The highest BCUT2D eigenvalue weighted by molar-refractivity contribution is 7.99. The standard InChI is InChI=1S/C6H14S.CHNO/c1-3-5-7-6-4-2;2-1-3/h3-6H2,1-2H3;2H. The summed E-state index contributed by atoms with van der Waals surface area (Å²) in [5, 5.41) is 5.40. The van der Waals surface area contributed by atoms with E-state index < -0.39 is 0 Å². The second-order valence-corrected chi connectivity index (χ2v) is 2.94. The molecule has 0 saturated heterocycles. The molecule has 0 aromatic heterocycles. The van der Waals surface area contributed by atoms with Crippen LogP contribution in [0, 0.1) is 5.41 Å². The van der Waals surface area contributed by atoms with Crippen molar-refractivity contribution in [2.45, 2.75) is 26.7 Å². The van der Waals surface area contributed by atoms with Gasteiger partial charge >= 0.3 is 0 Å². The van der Waals surface area contributed by atoms with E-state index in [2.05, 4.69) is 25.6 Å². The number of hydrogen-bond acceptors (Lipinski definition) is 3. The molecule has 0 amide bonds. The summed E-state index contributed by atoms with van der Waals surface area (Å²) < 4.78 is 0. The summed E-state index contributed by atoms with van der Waals surface area (Å²) in [6, 6.07) is 0. The molecule has 0 aromatic rings. The van der Waals surface area contributed by atoms with Crippen LogP contribution >= 0.6 is 11.8 Å². The highest BCUT2D eigenvalue weighted by Gasteiger charge is 1.79. The summed E-state index contributed by atoms with van der Waals surface area (Å²) in [6.45, 7) is 4.45. The summed E-state index contributed by atoms with van der Waals surface area (Å²) in [5.74, 6) is 2.68. The largest absolute Gasteiger partial charge is 0.231 e. The average molecular weight is 161 g/mol. The Morgan fingerprint density at radius 3 is 1.80 bits per heavy atom. The molecule has 0 spiro atoms. The zero-order valence-electron chi connectivity index (χ0n) is 6.64. The van der Waals surface area contributed by atoms with Gasteiger partial charge in [-0.05, 0) is 24.3 Å². The molecule has 0 rings (SSSR count). The SMILES string of the molecule is CCCSCCC.N=C=O. The maximum Gasteiger partial charge on any atom is 0.231 e. The van der Waals surface area contributed by atoms with Crippen LogP contribution in [0.3, 0.4) is 0 Å². The third-order valence-corrected chi connectivity index (χ3v) is 2.09. The summed E-state index contributed by atoms with van der Waals surface area (Å²) in [4.78, 5) is 8.35. The Hall–Kier alpha value is -0.270. The van der Waals surface area contributed by atoms with Crippen LogP contribution in [0.4, 0.5) is 0 Å². The van der Waals surface area contributed by atoms with Crippen molar-refractivity contribution in [2.75, 3.05) is 11.5 Å². The van der Waals surface area contributed by atoms with E-state index >= 15 is 0 Å². The Morgan fingerprint density at radius 2 is 1.60 bits per heavy atom. The number of carbonyl (C=O) groups excluding carboxylic acids is 1. The van der Waals surface area contributed by atoms with Gasteiger partial charge in [0, 0.05) is 0 Å². The molecule has 3 heteroatoms. The van der Waals surface area contributed by atoms with E-state index in [4.69, 9.17) is 10.2 Å². The fourth-order valence-electron chi connectivity index (χ4n) is 0.391. The molecular weight excluding hydrogens is 146 g/mol. The maximum atomic E-state index is 8.35. The molecule has 1 N–H and O–H groups in total. The van der Waals surface area contributed by atoms with E-state index in [0.29, 0.717) is 0 Å². The lowest BCUT2D eigenvalue weighted by Crippen LogP contribution is -1.76. The molecule has 0 fully saturated rings. The number of thioether (sulfide) groups is 1. The van der Waals surface area contributed by atoms with E-state index in [1.54, 1.807) is 0 Å². The molecule has 0 unspecified atom stereocenters. The molecule has 60 valence electrons. The lowest BCUT2D eigenvalue weighted by Gasteiger charge is -1.91. The van der Waals surface area contributed by atoms with Crippen molar-refractivity contribution in [3.63, 3.8) is 0 Å². The van der Waals surface area contributed by atoms with Crippen molar-refractivity contribution in [3.05, 3.63) is 0 Å². The number of nitrogens with one attached hydrogen (secondary N) is 1. The van der Waals surface area contributed by atoms with Crippen LogP contribution in [0.5, 0.6) is 0 Å². The molecule has 0 bridgehead atoms. The first kappa shape index (κ1) is 12.4. The van der Waals surface area contributed by atoms with Gasteiger partial charge in [-0.1, -0.05) is 13.8 Å². The van der Waals surface area contributed by atoms with E-state index in [0.717, 1.165) is 6.08 Å². The van der Waals surface area contributed by atoms with Gasteiger partial charge in [0.25, 0.3) is 0 Å². The second-order valence-electron chi connectivity index (χ2n) is 1.71. The molecule has 10 heavy (non-hydrogen) atoms. The van der Waals surface area contributed by atoms with Crippen molar-refractivity contribution in [1.82, 2.24) is 0 Å². The Labute approximate surface area is 66.9 Å². The molecule has 0 aliphatic heterocycles. The van der Waals surface area contributed by atoms with Crippen molar-refractivity contribution in [1.29, 1.82) is 5.41 Å². The average Bonchev–Trinajstić information content (AvgIpc) is 1.91. The van der Waals surface area contributed by atoms with Crippen LogP contribution in [0.25, 0.3) is 0 Å². The first-order valence-corrected chi connectivity index (χ1v) is 4.60. The Kier molecular flexibility index (Phi) is 19.7. The van der Waals surface area contributed by atoms with E-state index in [1.807, 2.05) is 0 Å². The molecule has 0 heterocycles. The summed E-state index contributed by atoms with van der Waals surface area (Å²) in [7, 11) is 0. The summed E-state index contributed by atoms with van der Waals surface area (Å²) >= 11 is 2.05. The van der Waals surface area contributed by atoms with Gasteiger partial charge in [-0.15, -0.1) is 0 Å². The minimum absolute atomic E-state index is 0.750. The molecule has 0 aromatic carbocycles. The molecule has 0 atom stereocenters. The molecule has 0 radical (unpaired) electrons. The van der Waals surface area contributed by atoms with E-state index in [9.17, 15) is 0 Å². The fourth-order valence-corrected chi connectivity index (χ4v) is 1.17. The topological polar surface area (TPSA) is 40.9 Å². The molecule has 0 aliphatic rings. The molecule has 0 saturated carbocycles. The predicted molar refractivity (Wildman–Crippen MR) is 46.3 cm³/mol. The first-order chi connectivity index (χ1) is 4.83. The minimum Gasteiger partial charge on any atom is -0.222 e. The maximum absolute atomic E-state index is 8.35. The Bertz CT molecular complexity index is 75.7. The summed E-state index contributed by atoms with van der Waals surface area (Å²) in [5.41, 5.74) is 0. The molecular formula is C7H15NOS. The van der Waals surface area contributed by atoms with Crippen LogP contribution in [0.15, 0.2) is 0 Å². The number of hydrogen-bond donors (Lipinski definition) is 1. The van der Waals surface area contributed by atoms with Gasteiger partial charge < -0.3 is 0 Å². The van der Waals surface area contributed by atoms with Crippen molar-refractivity contribution in [2.24, 2.45) is 0 Å². The van der Waals surface area contributed by atoms with Crippen LogP contribution in [-0.2, 0) is 4.79 Å². The van der Waals surface area contributed by atoms with Crippen LogP contribution in [-0.4, -0.2) is 17.6 Å². The monoisotopic (exact) mass is 161 g/mol. The van der Waals surface area contributed by atoms with Gasteiger partial charge in [0.05, 0.1) is 0 Å². The predicted octanol–water partition coefficient (Wildman–Crippen LogP) is 2.44. The quantitative estimate of drug-likeness (QED) is 0.391. The zero-order valence-corrected chi connectivity index (χ0v) is 7.46. The van der Waals surface area contributed by atoms with Gasteiger partial charge in [-0.25, -0.2) is 10.2 Å². The fraction of sp³-hybridized carbons (Fsp3) is 0.857. The van der Waals surface area contributed by atoms with E-state index in [1.165, 1.54) is 24.3 Å². The van der Waals surface area contributed by atoms with Crippen LogP contribution < -0.4 is 0 Å². The second kappa shape index (κ2) is 15.9. The van der Waals surface area contributed by atoms with Gasteiger partial charge in [0.2, 0.25) is 6.08 Å². The van der Waals surface area contributed by atoms with Crippen molar-refractivity contribution < 1.29 is 4.79 Å². The number of isocyanates is 1. The molecule has 2 nitrogen and oxygen atoms in total. The Morgan fingerprint density at radius 1 is 1.30 bits per heavy atom. The van der Waals surface area contributed by atoms with Crippen LogP contribution in [0.2, 0.25) is 0 Å². The normalized spacial score (nSPS) is 7.40. The van der Waals surface area contributed by atoms with Crippen LogP contribution in [0.1, 0.15) is 26.7 Å². The zero-order chi connectivity index (χ0) is 8.24. The lowest BCUT2D eigenvalue weighted by molar-refractivity contribution is 0.563. The first-order valence-electron chi connectivity index (χ1n) is 3.45. The Balaban J connectivity index is 0. The lowest BCUT2D eigenvalue weighted by atomic mass is 10.6. The van der Waals surface area contributed by atoms with Crippen molar-refractivity contribution in [3.8, 4) is 0 Å². The minimum atomic E-state index is 0.750. The van der Waals surface area contributed by atoms with E-state index in [-0.39, 0.29) is 0 Å². The van der Waals surface area contributed by atoms with Gasteiger partial charge in [0.1, 0.15) is 0 Å². The highest BCUT2D eigenvalue weighted by Crippen LogP contribution is 2.02. The van der Waals surface area contributed by atoms with Gasteiger partial charge in [-0.2, -0.15) is 11.8 Å². The highest BCUT2D eigenvalue weighted by atomic mass is 32.2.